The average molecular weight is 385 g/mol. The van der Waals surface area contributed by atoms with Crippen molar-refractivity contribution in [1.82, 2.24) is 20.1 Å². The molecule has 0 aliphatic carbocycles. The molecule has 0 radical (unpaired) electrons. The number of nitrogens with zero attached hydrogens (tertiary/aromatic N) is 3. The van der Waals surface area contributed by atoms with Gasteiger partial charge in [0.25, 0.3) is 5.91 Å². The van der Waals surface area contributed by atoms with Crippen LogP contribution in [0.15, 0.2) is 52.2 Å². The van der Waals surface area contributed by atoms with Crippen LogP contribution in [0.1, 0.15) is 36.7 Å². The first-order valence-corrected chi connectivity index (χ1v) is 10.0. The third-order valence-corrected chi connectivity index (χ3v) is 5.04. The van der Waals surface area contributed by atoms with Crippen molar-refractivity contribution < 1.29 is 9.21 Å². The van der Waals surface area contributed by atoms with Crippen LogP contribution in [0, 0.1) is 5.92 Å². The lowest BCUT2D eigenvalue weighted by Crippen LogP contribution is -2.27. The number of benzene rings is 1. The van der Waals surface area contributed by atoms with E-state index in [-0.39, 0.29) is 5.91 Å². The van der Waals surface area contributed by atoms with Gasteiger partial charge in [0.05, 0.1) is 6.26 Å². The van der Waals surface area contributed by atoms with Crippen molar-refractivity contribution in [2.45, 2.75) is 38.2 Å². The number of amides is 1. The first kappa shape index (κ1) is 19.2. The molecule has 0 bridgehead atoms. The first-order valence-electron chi connectivity index (χ1n) is 9.05. The van der Waals surface area contributed by atoms with E-state index in [1.54, 1.807) is 18.0 Å². The Hall–Kier alpha value is -2.54. The van der Waals surface area contributed by atoms with Gasteiger partial charge >= 0.3 is 0 Å². The van der Waals surface area contributed by atoms with Crippen LogP contribution < -0.4 is 5.32 Å². The fourth-order valence-electron chi connectivity index (χ4n) is 2.62. The van der Waals surface area contributed by atoms with Crippen molar-refractivity contribution in [2.24, 2.45) is 5.92 Å². The number of nitrogens with one attached hydrogen (secondary N) is 1. The molecule has 2 aromatic heterocycles. The van der Waals surface area contributed by atoms with Crippen LogP contribution in [-0.4, -0.2) is 27.2 Å². The fraction of sp³-hybridized carbons (Fsp3) is 0.350. The summed E-state index contributed by atoms with van der Waals surface area (Å²) in [5, 5.41) is 12.3. The minimum absolute atomic E-state index is 0.0348. The molecule has 0 unspecified atom stereocenters. The Morgan fingerprint density at radius 3 is 2.81 bits per heavy atom. The second kappa shape index (κ2) is 8.90. The van der Waals surface area contributed by atoms with E-state index < -0.39 is 0 Å². The molecule has 6 nitrogen and oxygen atoms in total. The van der Waals surface area contributed by atoms with Crippen LogP contribution in [0.2, 0.25) is 0 Å². The molecule has 3 rings (SSSR count). The highest BCUT2D eigenvalue weighted by Crippen LogP contribution is 2.26. The van der Waals surface area contributed by atoms with Crippen molar-refractivity contribution >= 4 is 17.7 Å². The number of hydrogen-bond donors (Lipinski definition) is 1. The predicted molar refractivity (Wildman–Crippen MR) is 107 cm³/mol. The van der Waals surface area contributed by atoms with Gasteiger partial charge in [-0.2, -0.15) is 0 Å². The fourth-order valence-corrected chi connectivity index (χ4v) is 3.56. The van der Waals surface area contributed by atoms with Crippen molar-refractivity contribution in [1.29, 1.82) is 0 Å². The molecular formula is C20H24N4O2S. The SMILES string of the molecule is CCn1c(SCc2cccc(C(=O)NCC(C)C)c2)nnc1-c1ccco1. The smallest absolute Gasteiger partial charge is 0.251 e. The topological polar surface area (TPSA) is 73.0 Å². The van der Waals surface area contributed by atoms with Crippen LogP contribution in [0.25, 0.3) is 11.6 Å². The molecule has 0 fully saturated rings. The molecule has 1 aromatic carbocycles. The zero-order chi connectivity index (χ0) is 19.2. The molecule has 2 heterocycles. The standard InChI is InChI=1S/C20H24N4O2S/c1-4-24-18(17-9-6-10-26-17)22-23-20(24)27-13-15-7-5-8-16(11-15)19(25)21-12-14(2)3/h5-11,14H,4,12-13H2,1-3H3,(H,21,25). The van der Waals surface area contributed by atoms with Gasteiger partial charge in [0, 0.05) is 24.4 Å². The van der Waals surface area contributed by atoms with E-state index in [0.717, 1.165) is 23.1 Å². The highest BCUT2D eigenvalue weighted by Gasteiger charge is 2.15. The van der Waals surface area contributed by atoms with E-state index in [0.29, 0.717) is 29.5 Å². The lowest BCUT2D eigenvalue weighted by atomic mass is 10.1. The van der Waals surface area contributed by atoms with E-state index in [1.807, 2.05) is 41.0 Å². The Kier molecular flexibility index (Phi) is 6.34. The van der Waals surface area contributed by atoms with Crippen molar-refractivity contribution in [3.63, 3.8) is 0 Å². The minimum Gasteiger partial charge on any atom is -0.461 e. The van der Waals surface area contributed by atoms with Crippen molar-refractivity contribution in [3.05, 3.63) is 53.8 Å². The normalized spacial score (nSPS) is 11.1. The molecule has 27 heavy (non-hydrogen) atoms. The van der Waals surface area contributed by atoms with E-state index >= 15 is 0 Å². The molecule has 1 amide bonds. The molecule has 0 aliphatic rings. The molecule has 0 saturated carbocycles. The Bertz CT molecular complexity index is 887. The van der Waals surface area contributed by atoms with Crippen molar-refractivity contribution in [2.75, 3.05) is 6.54 Å². The van der Waals surface area contributed by atoms with E-state index in [1.165, 1.54) is 0 Å². The first-order chi connectivity index (χ1) is 13.1. The Balaban J connectivity index is 1.69. The van der Waals surface area contributed by atoms with Gasteiger partial charge in [0.2, 0.25) is 0 Å². The van der Waals surface area contributed by atoms with Gasteiger partial charge in [-0.3, -0.25) is 9.36 Å². The number of furan rings is 1. The Morgan fingerprint density at radius 1 is 1.26 bits per heavy atom. The van der Waals surface area contributed by atoms with E-state index in [9.17, 15) is 4.79 Å². The van der Waals surface area contributed by atoms with Crippen LogP contribution in [0.3, 0.4) is 0 Å². The maximum absolute atomic E-state index is 12.3. The summed E-state index contributed by atoms with van der Waals surface area (Å²) < 4.78 is 7.47. The summed E-state index contributed by atoms with van der Waals surface area (Å²) in [6, 6.07) is 11.4. The Morgan fingerprint density at radius 2 is 2.11 bits per heavy atom. The van der Waals surface area contributed by atoms with Gasteiger partial charge in [0.1, 0.15) is 0 Å². The highest BCUT2D eigenvalue weighted by atomic mass is 32.2. The summed E-state index contributed by atoms with van der Waals surface area (Å²) in [4.78, 5) is 12.3. The number of carbonyl (C=O) groups is 1. The Labute approximate surface area is 163 Å². The molecule has 142 valence electrons. The van der Waals surface area contributed by atoms with Gasteiger partial charge in [-0.15, -0.1) is 10.2 Å². The molecule has 3 aromatic rings. The summed E-state index contributed by atoms with van der Waals surface area (Å²) >= 11 is 1.60. The number of aromatic nitrogens is 3. The molecule has 0 saturated heterocycles. The van der Waals surface area contributed by atoms with Gasteiger partial charge in [-0.25, -0.2) is 0 Å². The maximum atomic E-state index is 12.3. The highest BCUT2D eigenvalue weighted by molar-refractivity contribution is 7.98. The predicted octanol–water partition coefficient (Wildman–Crippen LogP) is 4.24. The zero-order valence-electron chi connectivity index (χ0n) is 15.8. The molecule has 1 N–H and O–H groups in total. The maximum Gasteiger partial charge on any atom is 0.251 e. The third kappa shape index (κ3) is 4.80. The molecular weight excluding hydrogens is 360 g/mol. The third-order valence-electron chi connectivity index (χ3n) is 4.00. The summed E-state index contributed by atoms with van der Waals surface area (Å²) in [5.41, 5.74) is 1.75. The summed E-state index contributed by atoms with van der Waals surface area (Å²) in [5.74, 6) is 2.54. The number of hydrogen-bond acceptors (Lipinski definition) is 5. The molecule has 0 spiro atoms. The number of rotatable bonds is 8. The van der Waals surface area contributed by atoms with E-state index in [2.05, 4.69) is 36.3 Å². The number of thioether (sulfide) groups is 1. The average Bonchev–Trinajstić information content (AvgIpc) is 3.33. The van der Waals surface area contributed by atoms with Crippen LogP contribution >= 0.6 is 11.8 Å². The largest absolute Gasteiger partial charge is 0.461 e. The second-order valence-corrected chi connectivity index (χ2v) is 7.56. The number of carbonyl (C=O) groups excluding carboxylic acids is 1. The lowest BCUT2D eigenvalue weighted by Gasteiger charge is -2.09. The van der Waals surface area contributed by atoms with Gasteiger partial charge in [0.15, 0.2) is 16.7 Å². The lowest BCUT2D eigenvalue weighted by molar-refractivity contribution is 0.0949. The monoisotopic (exact) mass is 384 g/mol. The summed E-state index contributed by atoms with van der Waals surface area (Å²) in [6.07, 6.45) is 1.63. The summed E-state index contributed by atoms with van der Waals surface area (Å²) in [7, 11) is 0. The molecule has 0 aliphatic heterocycles. The quantitative estimate of drug-likeness (QED) is 0.588. The van der Waals surface area contributed by atoms with Crippen LogP contribution in [0.4, 0.5) is 0 Å². The minimum atomic E-state index is -0.0348. The van der Waals surface area contributed by atoms with Gasteiger partial charge in [-0.05, 0) is 42.7 Å². The van der Waals surface area contributed by atoms with Crippen molar-refractivity contribution in [3.8, 4) is 11.6 Å². The van der Waals surface area contributed by atoms with Gasteiger partial charge in [-0.1, -0.05) is 37.7 Å². The van der Waals surface area contributed by atoms with Gasteiger partial charge < -0.3 is 9.73 Å². The summed E-state index contributed by atoms with van der Waals surface area (Å²) in [6.45, 7) is 7.64. The second-order valence-electron chi connectivity index (χ2n) is 6.62. The van der Waals surface area contributed by atoms with Crippen LogP contribution in [-0.2, 0) is 12.3 Å². The molecule has 0 atom stereocenters. The van der Waals surface area contributed by atoms with Crippen LogP contribution in [0.5, 0.6) is 0 Å². The molecule has 7 heteroatoms. The zero-order valence-corrected chi connectivity index (χ0v) is 16.6. The van der Waals surface area contributed by atoms with E-state index in [4.69, 9.17) is 4.42 Å².